The van der Waals surface area contributed by atoms with Crippen molar-refractivity contribution in [2.45, 2.75) is 51.1 Å². The molecule has 1 aliphatic rings. The molecule has 2 atom stereocenters. The smallest absolute Gasteiger partial charge is 0.305 e. The van der Waals surface area contributed by atoms with Crippen LogP contribution in [0.25, 0.3) is 0 Å². The van der Waals surface area contributed by atoms with Gasteiger partial charge in [0.05, 0.1) is 0 Å². The third kappa shape index (κ3) is 4.55. The molecule has 2 unspecified atom stereocenters. The normalized spacial score (nSPS) is 22.9. The van der Waals surface area contributed by atoms with Crippen molar-refractivity contribution < 1.29 is 29.3 Å². The van der Waals surface area contributed by atoms with Crippen molar-refractivity contribution in [2.75, 3.05) is 0 Å². The summed E-state index contributed by atoms with van der Waals surface area (Å²) in [7, 11) is 0. The summed E-state index contributed by atoms with van der Waals surface area (Å²) in [5.41, 5.74) is 1.03. The maximum Gasteiger partial charge on any atom is 0.305 e. The van der Waals surface area contributed by atoms with Crippen molar-refractivity contribution in [3.63, 3.8) is 0 Å². The SMILES string of the molecule is CC(=O)OC(O)(c1ccccc1)[C@H]1CC[C@H](C(O)(OC(C)=O)c2ccccc2)CC1. The average molecular weight is 412 g/mol. The molecule has 0 heterocycles. The Kier molecular flexibility index (Phi) is 6.58. The van der Waals surface area contributed by atoms with Crippen LogP contribution in [-0.4, -0.2) is 22.2 Å². The number of ether oxygens (including phenoxy) is 2. The van der Waals surface area contributed by atoms with Gasteiger partial charge in [0.1, 0.15) is 0 Å². The summed E-state index contributed by atoms with van der Waals surface area (Å²) in [5.74, 6) is -5.32. The molecular formula is C24H28O6. The Hall–Kier alpha value is -2.70. The van der Waals surface area contributed by atoms with E-state index in [0.717, 1.165) is 0 Å². The number of rotatable bonds is 6. The first-order valence-electron chi connectivity index (χ1n) is 10.2. The van der Waals surface area contributed by atoms with Crippen LogP contribution in [-0.2, 0) is 30.6 Å². The summed E-state index contributed by atoms with van der Waals surface area (Å²) in [6.45, 7) is 2.54. The van der Waals surface area contributed by atoms with E-state index in [1.165, 1.54) is 13.8 Å². The number of esters is 2. The number of carbonyl (C=O) groups excluding carboxylic acids is 2. The summed E-state index contributed by atoms with van der Waals surface area (Å²) in [6.07, 6.45) is 1.94. The summed E-state index contributed by atoms with van der Waals surface area (Å²) < 4.78 is 10.8. The molecule has 1 saturated carbocycles. The van der Waals surface area contributed by atoms with Crippen molar-refractivity contribution in [1.82, 2.24) is 0 Å². The van der Waals surface area contributed by atoms with Crippen molar-refractivity contribution in [3.8, 4) is 0 Å². The lowest BCUT2D eigenvalue weighted by Gasteiger charge is -2.43. The molecule has 1 aliphatic carbocycles. The highest BCUT2D eigenvalue weighted by atomic mass is 16.7. The molecule has 1 fully saturated rings. The fourth-order valence-electron chi connectivity index (χ4n) is 4.42. The molecule has 0 aliphatic heterocycles. The molecule has 2 aromatic rings. The lowest BCUT2D eigenvalue weighted by Crippen LogP contribution is -2.45. The highest BCUT2D eigenvalue weighted by molar-refractivity contribution is 5.67. The Labute approximate surface area is 176 Å². The molecule has 0 amide bonds. The molecule has 3 rings (SSSR count). The fraction of sp³-hybridized carbons (Fsp3) is 0.417. The van der Waals surface area contributed by atoms with Gasteiger partial charge in [0.25, 0.3) is 0 Å². The zero-order chi connectivity index (χ0) is 21.8. The lowest BCUT2D eigenvalue weighted by molar-refractivity contribution is -0.262. The van der Waals surface area contributed by atoms with Gasteiger partial charge in [-0.1, -0.05) is 60.7 Å². The van der Waals surface area contributed by atoms with Crippen LogP contribution in [0.1, 0.15) is 50.7 Å². The Balaban J connectivity index is 1.83. The average Bonchev–Trinajstić information content (AvgIpc) is 2.74. The second kappa shape index (κ2) is 8.98. The van der Waals surface area contributed by atoms with E-state index in [4.69, 9.17) is 9.47 Å². The Morgan fingerprint density at radius 3 is 1.27 bits per heavy atom. The second-order valence-corrected chi connectivity index (χ2v) is 7.86. The van der Waals surface area contributed by atoms with Crippen molar-refractivity contribution in [2.24, 2.45) is 11.8 Å². The quantitative estimate of drug-likeness (QED) is 0.556. The van der Waals surface area contributed by atoms with Crippen LogP contribution in [0.4, 0.5) is 0 Å². The molecule has 0 spiro atoms. The molecule has 30 heavy (non-hydrogen) atoms. The highest BCUT2D eigenvalue weighted by Gasteiger charge is 2.49. The molecule has 0 saturated heterocycles. The van der Waals surface area contributed by atoms with Gasteiger partial charge in [0.15, 0.2) is 0 Å². The molecule has 0 bridgehead atoms. The number of hydrogen-bond acceptors (Lipinski definition) is 6. The predicted octanol–water partition coefficient (Wildman–Crippen LogP) is 3.61. The Morgan fingerprint density at radius 1 is 0.700 bits per heavy atom. The number of hydrogen-bond donors (Lipinski definition) is 2. The van der Waals surface area contributed by atoms with Gasteiger partial charge in [0.2, 0.25) is 11.6 Å². The fourth-order valence-corrected chi connectivity index (χ4v) is 4.42. The largest absolute Gasteiger partial charge is 0.429 e. The summed E-state index contributed by atoms with van der Waals surface area (Å²) in [6, 6.07) is 17.7. The minimum absolute atomic E-state index is 0.350. The Bertz CT molecular complexity index is 786. The zero-order valence-corrected chi connectivity index (χ0v) is 17.3. The van der Waals surface area contributed by atoms with Crippen molar-refractivity contribution in [1.29, 1.82) is 0 Å². The molecule has 2 aromatic carbocycles. The van der Waals surface area contributed by atoms with E-state index in [1.807, 2.05) is 12.1 Å². The molecule has 0 radical (unpaired) electrons. The van der Waals surface area contributed by atoms with Gasteiger partial charge in [-0.05, 0) is 25.7 Å². The van der Waals surface area contributed by atoms with E-state index in [0.29, 0.717) is 36.8 Å². The van der Waals surface area contributed by atoms with E-state index in [-0.39, 0.29) is 11.8 Å². The molecule has 2 N–H and O–H groups in total. The van der Waals surface area contributed by atoms with Gasteiger partial charge in [-0.25, -0.2) is 0 Å². The van der Waals surface area contributed by atoms with Gasteiger partial charge in [0, 0.05) is 36.8 Å². The van der Waals surface area contributed by atoms with Gasteiger partial charge in [-0.3, -0.25) is 9.59 Å². The summed E-state index contributed by atoms with van der Waals surface area (Å²) in [5, 5.41) is 22.7. The van der Waals surface area contributed by atoms with Gasteiger partial charge < -0.3 is 19.7 Å². The maximum absolute atomic E-state index is 11.7. The van der Waals surface area contributed by atoms with Crippen LogP contribution in [0.15, 0.2) is 60.7 Å². The van der Waals surface area contributed by atoms with E-state index < -0.39 is 23.5 Å². The topological polar surface area (TPSA) is 93.1 Å². The number of benzene rings is 2. The van der Waals surface area contributed by atoms with Crippen LogP contribution in [0, 0.1) is 11.8 Å². The molecule has 160 valence electrons. The monoisotopic (exact) mass is 412 g/mol. The van der Waals surface area contributed by atoms with E-state index in [9.17, 15) is 19.8 Å². The molecule has 0 aromatic heterocycles. The predicted molar refractivity (Wildman–Crippen MR) is 110 cm³/mol. The van der Waals surface area contributed by atoms with E-state index >= 15 is 0 Å². The van der Waals surface area contributed by atoms with Crippen molar-refractivity contribution in [3.05, 3.63) is 71.8 Å². The second-order valence-electron chi connectivity index (χ2n) is 7.86. The van der Waals surface area contributed by atoms with Crippen LogP contribution < -0.4 is 0 Å². The van der Waals surface area contributed by atoms with Gasteiger partial charge in [-0.15, -0.1) is 0 Å². The Morgan fingerprint density at radius 2 is 1.00 bits per heavy atom. The molecule has 6 nitrogen and oxygen atoms in total. The third-order valence-electron chi connectivity index (χ3n) is 5.81. The zero-order valence-electron chi connectivity index (χ0n) is 17.3. The maximum atomic E-state index is 11.7. The van der Waals surface area contributed by atoms with E-state index in [1.54, 1.807) is 48.5 Å². The van der Waals surface area contributed by atoms with E-state index in [2.05, 4.69) is 0 Å². The first-order valence-corrected chi connectivity index (χ1v) is 10.2. The number of carbonyl (C=O) groups is 2. The summed E-state index contributed by atoms with van der Waals surface area (Å²) >= 11 is 0. The molecule has 6 heteroatoms. The van der Waals surface area contributed by atoms with Crippen molar-refractivity contribution >= 4 is 11.9 Å². The van der Waals surface area contributed by atoms with Gasteiger partial charge >= 0.3 is 11.9 Å². The highest BCUT2D eigenvalue weighted by Crippen LogP contribution is 2.47. The summed E-state index contributed by atoms with van der Waals surface area (Å²) in [4.78, 5) is 23.5. The number of aliphatic hydroxyl groups is 2. The lowest BCUT2D eigenvalue weighted by atomic mass is 9.72. The third-order valence-corrected chi connectivity index (χ3v) is 5.81. The molecular weight excluding hydrogens is 384 g/mol. The van der Waals surface area contributed by atoms with Crippen LogP contribution in [0.3, 0.4) is 0 Å². The van der Waals surface area contributed by atoms with Gasteiger partial charge in [-0.2, -0.15) is 0 Å². The van der Waals surface area contributed by atoms with Crippen LogP contribution in [0.5, 0.6) is 0 Å². The minimum Gasteiger partial charge on any atom is -0.429 e. The van der Waals surface area contributed by atoms with Crippen LogP contribution >= 0.6 is 0 Å². The van der Waals surface area contributed by atoms with Crippen LogP contribution in [0.2, 0.25) is 0 Å². The minimum atomic E-state index is -1.75. The standard InChI is InChI=1S/C24H28O6/c1-17(25)29-23(27,19-9-5-3-6-10-19)21-13-15-22(16-14-21)24(28,30-18(2)26)20-11-7-4-8-12-20/h3-12,21-22,27-28H,13-16H2,1-2H3/t21-,22-,23?,24?. The first kappa shape index (κ1) is 22.0. The first-order chi connectivity index (χ1) is 14.3.